The van der Waals surface area contributed by atoms with Crippen LogP contribution in [0.1, 0.15) is 44.9 Å². The summed E-state index contributed by atoms with van der Waals surface area (Å²) in [5.74, 6) is -0.765. The molecule has 1 aromatic rings. The fourth-order valence-corrected chi connectivity index (χ4v) is 4.80. The molecular formula is C22H26N2O5. The van der Waals surface area contributed by atoms with Crippen LogP contribution in [0.4, 0.5) is 11.4 Å². The summed E-state index contributed by atoms with van der Waals surface area (Å²) >= 11 is 0. The Bertz CT molecular complexity index is 820. The zero-order valence-electron chi connectivity index (χ0n) is 16.4. The number of benzene rings is 1. The molecule has 2 saturated carbocycles. The summed E-state index contributed by atoms with van der Waals surface area (Å²) in [7, 11) is 0. The summed E-state index contributed by atoms with van der Waals surface area (Å²) in [6.07, 6.45) is 5.22. The number of nitrogens with zero attached hydrogens (tertiary/aromatic N) is 1. The molecule has 1 aliphatic heterocycles. The van der Waals surface area contributed by atoms with Gasteiger partial charge in [-0.05, 0) is 50.3 Å². The quantitative estimate of drug-likeness (QED) is 0.770. The van der Waals surface area contributed by atoms with Crippen molar-refractivity contribution in [1.29, 1.82) is 0 Å². The number of anilines is 2. The highest BCUT2D eigenvalue weighted by Crippen LogP contribution is 2.40. The van der Waals surface area contributed by atoms with E-state index in [-0.39, 0.29) is 36.2 Å². The third kappa shape index (κ3) is 4.33. The van der Waals surface area contributed by atoms with Gasteiger partial charge in [0.1, 0.15) is 5.78 Å². The van der Waals surface area contributed by atoms with Crippen LogP contribution >= 0.6 is 0 Å². The minimum atomic E-state index is -0.421. The molecule has 0 spiro atoms. The standard InChI is InChI=1S/C22H26N2O5/c25-19(23-17-6-2-7-18(12-17)24-9-3-8-20(24)26)13-29-22(28)16-10-14-4-1-5-15(11-16)21(14)27/h2,6-7,12,14-16H,1,3-5,8-11,13H2,(H,23,25). The van der Waals surface area contributed by atoms with Gasteiger partial charge in [-0.25, -0.2) is 0 Å². The van der Waals surface area contributed by atoms with Gasteiger partial charge in [0.25, 0.3) is 5.91 Å². The smallest absolute Gasteiger partial charge is 0.309 e. The van der Waals surface area contributed by atoms with Gasteiger partial charge in [-0.1, -0.05) is 12.5 Å². The normalized spacial score (nSPS) is 26.3. The Labute approximate surface area is 169 Å². The van der Waals surface area contributed by atoms with Crippen molar-refractivity contribution in [2.75, 3.05) is 23.4 Å². The number of carbonyl (C=O) groups excluding carboxylic acids is 4. The summed E-state index contributed by atoms with van der Waals surface area (Å²) in [5, 5.41) is 2.72. The topological polar surface area (TPSA) is 92.8 Å². The van der Waals surface area contributed by atoms with Crippen molar-refractivity contribution in [1.82, 2.24) is 0 Å². The van der Waals surface area contributed by atoms with Crippen molar-refractivity contribution < 1.29 is 23.9 Å². The Morgan fingerprint density at radius 1 is 1.10 bits per heavy atom. The third-order valence-electron chi connectivity index (χ3n) is 6.24. The van der Waals surface area contributed by atoms with E-state index in [1.54, 1.807) is 23.1 Å². The average Bonchev–Trinajstić information content (AvgIpc) is 3.12. The zero-order chi connectivity index (χ0) is 20.4. The number of ether oxygens (including phenoxy) is 1. The van der Waals surface area contributed by atoms with Gasteiger partial charge in [0.05, 0.1) is 5.92 Å². The maximum Gasteiger partial charge on any atom is 0.309 e. The second-order valence-electron chi connectivity index (χ2n) is 8.25. The number of hydrogen-bond donors (Lipinski definition) is 1. The van der Waals surface area contributed by atoms with Crippen LogP contribution in [0.3, 0.4) is 0 Å². The second kappa shape index (κ2) is 8.35. The van der Waals surface area contributed by atoms with E-state index in [2.05, 4.69) is 5.32 Å². The lowest BCUT2D eigenvalue weighted by atomic mass is 9.67. The van der Waals surface area contributed by atoms with Crippen LogP contribution in [0.15, 0.2) is 24.3 Å². The fourth-order valence-electron chi connectivity index (χ4n) is 4.80. The maximum absolute atomic E-state index is 12.4. The monoisotopic (exact) mass is 398 g/mol. The van der Waals surface area contributed by atoms with E-state index in [0.29, 0.717) is 37.3 Å². The molecule has 4 rings (SSSR count). The van der Waals surface area contributed by atoms with Crippen LogP contribution in [-0.4, -0.2) is 36.7 Å². The van der Waals surface area contributed by atoms with Crippen LogP contribution in [0.25, 0.3) is 0 Å². The highest BCUT2D eigenvalue weighted by Gasteiger charge is 2.41. The number of nitrogens with one attached hydrogen (secondary N) is 1. The van der Waals surface area contributed by atoms with Crippen molar-refractivity contribution >= 4 is 34.9 Å². The minimum Gasteiger partial charge on any atom is -0.455 e. The molecular weight excluding hydrogens is 372 g/mol. The number of ketones is 1. The summed E-state index contributed by atoms with van der Waals surface area (Å²) in [5.41, 5.74) is 1.31. The molecule has 2 amide bonds. The Morgan fingerprint density at radius 2 is 1.86 bits per heavy atom. The van der Waals surface area contributed by atoms with E-state index in [0.717, 1.165) is 31.4 Å². The first-order valence-electron chi connectivity index (χ1n) is 10.4. The Balaban J connectivity index is 1.28. The molecule has 154 valence electrons. The number of amides is 2. The molecule has 2 unspecified atom stereocenters. The molecule has 3 aliphatic rings. The summed E-state index contributed by atoms with van der Waals surface area (Å²) in [6, 6.07) is 7.09. The highest BCUT2D eigenvalue weighted by atomic mass is 16.5. The molecule has 1 heterocycles. The van der Waals surface area contributed by atoms with E-state index in [4.69, 9.17) is 4.74 Å². The van der Waals surface area contributed by atoms with Crippen LogP contribution in [0.2, 0.25) is 0 Å². The van der Waals surface area contributed by atoms with Crippen molar-refractivity contribution in [2.24, 2.45) is 17.8 Å². The van der Waals surface area contributed by atoms with Gasteiger partial charge in [0, 0.05) is 36.2 Å². The molecule has 7 nitrogen and oxygen atoms in total. The van der Waals surface area contributed by atoms with Crippen molar-refractivity contribution in [3.63, 3.8) is 0 Å². The van der Waals surface area contributed by atoms with E-state index in [9.17, 15) is 19.2 Å². The molecule has 29 heavy (non-hydrogen) atoms. The maximum atomic E-state index is 12.4. The number of fused-ring (bicyclic) bond motifs is 2. The van der Waals surface area contributed by atoms with Gasteiger partial charge in [-0.15, -0.1) is 0 Å². The SMILES string of the molecule is O=C(COC(=O)C1CC2CCCC(C1)C2=O)Nc1cccc(N2CCCC2=O)c1. The lowest BCUT2D eigenvalue weighted by Gasteiger charge is -2.36. The van der Waals surface area contributed by atoms with Gasteiger partial charge in [0.2, 0.25) is 5.91 Å². The number of esters is 1. The van der Waals surface area contributed by atoms with Crippen LogP contribution < -0.4 is 10.2 Å². The Kier molecular flexibility index (Phi) is 5.65. The second-order valence-corrected chi connectivity index (χ2v) is 8.25. The highest BCUT2D eigenvalue weighted by molar-refractivity contribution is 5.97. The Hall–Kier alpha value is -2.70. The molecule has 1 aromatic carbocycles. The van der Waals surface area contributed by atoms with Crippen molar-refractivity contribution in [2.45, 2.75) is 44.9 Å². The van der Waals surface area contributed by atoms with E-state index in [1.807, 2.05) is 6.07 Å². The van der Waals surface area contributed by atoms with Gasteiger partial charge in [-0.3, -0.25) is 19.2 Å². The molecule has 1 N–H and O–H groups in total. The molecule has 2 aliphatic carbocycles. The fraction of sp³-hybridized carbons (Fsp3) is 0.545. The van der Waals surface area contributed by atoms with Crippen molar-refractivity contribution in [3.05, 3.63) is 24.3 Å². The molecule has 0 aromatic heterocycles. The lowest BCUT2D eigenvalue weighted by Crippen LogP contribution is -2.40. The number of carbonyl (C=O) groups is 4. The number of rotatable bonds is 5. The minimum absolute atomic E-state index is 0.0232. The number of Topliss-reactive ketones (excluding diaryl/α,β-unsaturated/α-hetero) is 1. The van der Waals surface area contributed by atoms with Crippen LogP contribution in [0.5, 0.6) is 0 Å². The first kappa shape index (κ1) is 19.6. The summed E-state index contributed by atoms with van der Waals surface area (Å²) in [6.45, 7) is 0.325. The van der Waals surface area contributed by atoms with E-state index < -0.39 is 5.91 Å². The predicted molar refractivity (Wildman–Crippen MR) is 106 cm³/mol. The van der Waals surface area contributed by atoms with Gasteiger partial charge >= 0.3 is 5.97 Å². The summed E-state index contributed by atoms with van der Waals surface area (Å²) in [4.78, 5) is 50.4. The van der Waals surface area contributed by atoms with E-state index in [1.165, 1.54) is 0 Å². The van der Waals surface area contributed by atoms with Gasteiger partial charge in [0.15, 0.2) is 6.61 Å². The first-order chi connectivity index (χ1) is 14.0. The summed E-state index contributed by atoms with van der Waals surface area (Å²) < 4.78 is 5.24. The largest absolute Gasteiger partial charge is 0.455 e. The van der Waals surface area contributed by atoms with Crippen LogP contribution in [0, 0.1) is 17.8 Å². The predicted octanol–water partition coefficient (Wildman–Crippen LogP) is 2.69. The van der Waals surface area contributed by atoms with Crippen molar-refractivity contribution in [3.8, 4) is 0 Å². The average molecular weight is 398 g/mol. The Morgan fingerprint density at radius 3 is 2.55 bits per heavy atom. The molecule has 1 saturated heterocycles. The first-order valence-corrected chi connectivity index (χ1v) is 10.4. The molecule has 0 radical (unpaired) electrons. The van der Waals surface area contributed by atoms with E-state index >= 15 is 0 Å². The number of hydrogen-bond acceptors (Lipinski definition) is 5. The molecule has 2 bridgehead atoms. The molecule has 2 atom stereocenters. The van der Waals surface area contributed by atoms with Crippen LogP contribution in [-0.2, 0) is 23.9 Å². The molecule has 3 fully saturated rings. The van der Waals surface area contributed by atoms with Gasteiger partial charge < -0.3 is 15.0 Å². The third-order valence-corrected chi connectivity index (χ3v) is 6.24. The molecule has 7 heteroatoms. The van der Waals surface area contributed by atoms with Gasteiger partial charge in [-0.2, -0.15) is 0 Å². The zero-order valence-corrected chi connectivity index (χ0v) is 16.4. The lowest BCUT2D eigenvalue weighted by molar-refractivity contribution is -0.155.